The average molecular weight is 473 g/mol. The van der Waals surface area contributed by atoms with E-state index in [1.165, 1.54) is 17.0 Å². The fourth-order valence-corrected chi connectivity index (χ4v) is 3.44. The van der Waals surface area contributed by atoms with Crippen LogP contribution in [0.5, 0.6) is 11.5 Å². The first-order valence-electron chi connectivity index (χ1n) is 10.3. The highest BCUT2D eigenvalue weighted by molar-refractivity contribution is 5.82. The number of non-ortho nitro benzene ring substituents is 1. The van der Waals surface area contributed by atoms with Crippen LogP contribution in [0.15, 0.2) is 82.6 Å². The molecule has 0 atom stereocenters. The Bertz CT molecular complexity index is 1500. The quantitative estimate of drug-likeness (QED) is 0.214. The number of nitro benzene ring substituents is 2. The van der Waals surface area contributed by atoms with Crippen LogP contribution in [0.1, 0.15) is 11.3 Å². The number of benzene rings is 3. The fourth-order valence-electron chi connectivity index (χ4n) is 3.44. The third kappa shape index (κ3) is 4.69. The summed E-state index contributed by atoms with van der Waals surface area (Å²) in [5.74, 6) is 0.171. The number of nitro groups is 2. The van der Waals surface area contributed by atoms with Gasteiger partial charge in [-0.2, -0.15) is 0 Å². The minimum absolute atomic E-state index is 0.122. The largest absolute Gasteiger partial charge is 0.450 e. The van der Waals surface area contributed by atoms with Crippen molar-refractivity contribution in [1.82, 2.24) is 9.36 Å². The van der Waals surface area contributed by atoms with Crippen molar-refractivity contribution in [3.05, 3.63) is 115 Å². The van der Waals surface area contributed by atoms with Gasteiger partial charge < -0.3 is 4.74 Å². The van der Waals surface area contributed by atoms with Gasteiger partial charge in [0.1, 0.15) is 5.75 Å². The predicted octanol–water partition coefficient (Wildman–Crippen LogP) is 4.84. The maximum Gasteiger partial charge on any atom is 0.318 e. The molecule has 0 amide bonds. The lowest BCUT2D eigenvalue weighted by atomic mass is 10.2. The van der Waals surface area contributed by atoms with Gasteiger partial charge in [-0.05, 0) is 55.0 Å². The molecular weight excluding hydrogens is 454 g/mol. The topological polar surface area (TPSA) is 135 Å². The molecule has 1 heterocycles. The third-order valence-corrected chi connectivity index (χ3v) is 5.32. The average Bonchev–Trinajstić information content (AvgIpc) is 3.06. The Morgan fingerprint density at radius 3 is 2.26 bits per heavy atom. The molecule has 0 spiro atoms. The van der Waals surface area contributed by atoms with E-state index in [0.29, 0.717) is 22.7 Å². The Hall–Kier alpha value is -5.06. The molecule has 35 heavy (non-hydrogen) atoms. The zero-order valence-electron chi connectivity index (χ0n) is 18.7. The van der Waals surface area contributed by atoms with E-state index in [1.54, 1.807) is 36.0 Å². The Morgan fingerprint density at radius 1 is 0.943 bits per heavy atom. The van der Waals surface area contributed by atoms with Crippen molar-refractivity contribution in [2.75, 3.05) is 0 Å². The predicted molar refractivity (Wildman–Crippen MR) is 129 cm³/mol. The second-order valence-electron chi connectivity index (χ2n) is 7.51. The molecule has 0 saturated carbocycles. The first kappa shape index (κ1) is 23.1. The van der Waals surface area contributed by atoms with E-state index in [2.05, 4.69) is 4.99 Å². The highest BCUT2D eigenvalue weighted by Crippen LogP contribution is 2.34. The van der Waals surface area contributed by atoms with E-state index in [0.717, 1.165) is 17.8 Å². The molecule has 0 fully saturated rings. The second-order valence-corrected chi connectivity index (χ2v) is 7.51. The summed E-state index contributed by atoms with van der Waals surface area (Å²) in [6.07, 6.45) is 1.54. The highest BCUT2D eigenvalue weighted by Gasteiger charge is 2.21. The summed E-state index contributed by atoms with van der Waals surface area (Å²) in [5, 5.41) is 22.2. The third-order valence-electron chi connectivity index (χ3n) is 5.32. The standard InChI is InChI=1S/C24H19N5O6/c1-16-23(24(30)27(26(16)2)18-6-4-3-5-7-18)25-15-17-8-11-20(12-9-17)35-22-13-10-19(28(31)32)14-21(22)29(33)34/h3-15H,1-2H3. The lowest BCUT2D eigenvalue weighted by Gasteiger charge is -2.07. The Labute approximate surface area is 198 Å². The van der Waals surface area contributed by atoms with Crippen molar-refractivity contribution in [2.24, 2.45) is 12.0 Å². The number of para-hydroxylation sites is 1. The van der Waals surface area contributed by atoms with Gasteiger partial charge in [-0.3, -0.25) is 29.7 Å². The highest BCUT2D eigenvalue weighted by atomic mass is 16.6. The molecule has 0 bridgehead atoms. The molecule has 0 aliphatic heterocycles. The molecule has 0 N–H and O–H groups in total. The van der Waals surface area contributed by atoms with Gasteiger partial charge in [0.2, 0.25) is 5.75 Å². The zero-order chi connectivity index (χ0) is 25.1. The zero-order valence-corrected chi connectivity index (χ0v) is 18.7. The second kappa shape index (κ2) is 9.43. The molecule has 4 rings (SSSR count). The van der Waals surface area contributed by atoms with Gasteiger partial charge in [-0.25, -0.2) is 9.67 Å². The molecule has 1 aromatic heterocycles. The Balaban J connectivity index is 1.56. The van der Waals surface area contributed by atoms with Crippen molar-refractivity contribution >= 4 is 23.3 Å². The number of hydrogen-bond donors (Lipinski definition) is 0. The number of ether oxygens (including phenoxy) is 1. The molecule has 176 valence electrons. The monoisotopic (exact) mass is 473 g/mol. The van der Waals surface area contributed by atoms with E-state index in [4.69, 9.17) is 4.74 Å². The minimum atomic E-state index is -0.742. The maximum atomic E-state index is 13.0. The summed E-state index contributed by atoms with van der Waals surface area (Å²) in [4.78, 5) is 38.1. The summed E-state index contributed by atoms with van der Waals surface area (Å²) >= 11 is 0. The van der Waals surface area contributed by atoms with Crippen LogP contribution in [0.25, 0.3) is 5.69 Å². The number of aromatic nitrogens is 2. The van der Waals surface area contributed by atoms with E-state index >= 15 is 0 Å². The molecule has 0 radical (unpaired) electrons. The summed E-state index contributed by atoms with van der Waals surface area (Å²) in [6.45, 7) is 1.81. The molecule has 0 saturated heterocycles. The van der Waals surface area contributed by atoms with Gasteiger partial charge in [0.25, 0.3) is 11.2 Å². The SMILES string of the molecule is Cc1c(N=Cc2ccc(Oc3ccc([N+](=O)[O-])cc3[N+](=O)[O-])cc2)c(=O)n(-c2ccccc2)n1C. The Kier molecular flexibility index (Phi) is 6.23. The van der Waals surface area contributed by atoms with Gasteiger partial charge in [0, 0.05) is 19.3 Å². The van der Waals surface area contributed by atoms with Crippen molar-refractivity contribution in [3.8, 4) is 17.2 Å². The van der Waals surface area contributed by atoms with E-state index < -0.39 is 21.2 Å². The number of aliphatic imine (C=N–C) groups is 1. The van der Waals surface area contributed by atoms with Gasteiger partial charge >= 0.3 is 5.69 Å². The summed E-state index contributed by atoms with van der Waals surface area (Å²) in [6, 6.07) is 18.9. The summed E-state index contributed by atoms with van der Waals surface area (Å²) < 4.78 is 8.84. The van der Waals surface area contributed by atoms with Crippen molar-refractivity contribution in [2.45, 2.75) is 6.92 Å². The van der Waals surface area contributed by atoms with Crippen LogP contribution in [0.3, 0.4) is 0 Å². The molecule has 0 aliphatic carbocycles. The molecule has 0 unspecified atom stereocenters. The van der Waals surface area contributed by atoms with Gasteiger partial charge in [0.15, 0.2) is 5.69 Å². The van der Waals surface area contributed by atoms with Crippen LogP contribution in [-0.4, -0.2) is 25.4 Å². The van der Waals surface area contributed by atoms with E-state index in [9.17, 15) is 25.0 Å². The minimum Gasteiger partial charge on any atom is -0.450 e. The summed E-state index contributed by atoms with van der Waals surface area (Å²) in [5.41, 5.74) is 1.23. The lowest BCUT2D eigenvalue weighted by Crippen LogP contribution is -2.19. The molecule has 0 aliphatic rings. The number of hydrogen-bond acceptors (Lipinski definition) is 7. The maximum absolute atomic E-state index is 13.0. The van der Waals surface area contributed by atoms with E-state index in [1.807, 2.05) is 37.3 Å². The fraction of sp³-hybridized carbons (Fsp3) is 0.0833. The molecule has 11 nitrogen and oxygen atoms in total. The molecule has 4 aromatic rings. The van der Waals surface area contributed by atoms with Crippen molar-refractivity contribution in [1.29, 1.82) is 0 Å². The first-order chi connectivity index (χ1) is 16.8. The Morgan fingerprint density at radius 2 is 1.63 bits per heavy atom. The van der Waals surface area contributed by atoms with Crippen LogP contribution in [-0.2, 0) is 7.05 Å². The first-order valence-corrected chi connectivity index (χ1v) is 10.3. The van der Waals surface area contributed by atoms with Crippen LogP contribution >= 0.6 is 0 Å². The van der Waals surface area contributed by atoms with Crippen molar-refractivity contribution in [3.63, 3.8) is 0 Å². The molecule has 11 heteroatoms. The smallest absolute Gasteiger partial charge is 0.318 e. The van der Waals surface area contributed by atoms with Crippen molar-refractivity contribution < 1.29 is 14.6 Å². The summed E-state index contributed by atoms with van der Waals surface area (Å²) in [7, 11) is 1.78. The van der Waals surface area contributed by atoms with Gasteiger partial charge in [0.05, 0.1) is 27.3 Å². The van der Waals surface area contributed by atoms with Gasteiger partial charge in [-0.1, -0.05) is 18.2 Å². The van der Waals surface area contributed by atoms with Crippen LogP contribution in [0, 0.1) is 27.2 Å². The van der Waals surface area contributed by atoms with E-state index in [-0.39, 0.29) is 11.3 Å². The van der Waals surface area contributed by atoms with Gasteiger partial charge in [-0.15, -0.1) is 0 Å². The number of nitrogens with zero attached hydrogens (tertiary/aromatic N) is 5. The normalized spacial score (nSPS) is 11.0. The van der Waals surface area contributed by atoms with Crippen LogP contribution in [0.2, 0.25) is 0 Å². The lowest BCUT2D eigenvalue weighted by molar-refractivity contribution is -0.394. The molecule has 3 aromatic carbocycles. The molecular formula is C24H19N5O6. The van der Waals surface area contributed by atoms with Crippen LogP contribution < -0.4 is 10.3 Å². The number of rotatable bonds is 7. The van der Waals surface area contributed by atoms with Crippen LogP contribution in [0.4, 0.5) is 17.1 Å².